The minimum absolute atomic E-state index is 0.326. The molecule has 7 heteroatoms. The quantitative estimate of drug-likeness (QED) is 0.581. The Balaban J connectivity index is 2.10. The third-order valence-electron chi connectivity index (χ3n) is 5.10. The molecule has 0 bridgehead atoms. The average Bonchev–Trinajstić information content (AvgIpc) is 3.04. The van der Waals surface area contributed by atoms with Crippen molar-refractivity contribution in [1.29, 1.82) is 5.26 Å². The van der Waals surface area contributed by atoms with E-state index in [9.17, 15) is 9.59 Å². The molecule has 0 spiro atoms. The zero-order valence-electron chi connectivity index (χ0n) is 17.9. The van der Waals surface area contributed by atoms with Crippen molar-refractivity contribution in [2.75, 3.05) is 45.4 Å². The van der Waals surface area contributed by atoms with Crippen molar-refractivity contribution < 1.29 is 19.1 Å². The Labute approximate surface area is 182 Å². The van der Waals surface area contributed by atoms with Crippen LogP contribution in [-0.4, -0.2) is 57.2 Å². The lowest BCUT2D eigenvalue weighted by Crippen LogP contribution is -2.37. The monoisotopic (exact) mass is 419 g/mol. The average molecular weight is 419 g/mol. The highest BCUT2D eigenvalue weighted by Crippen LogP contribution is 2.35. The zero-order chi connectivity index (χ0) is 22.4. The summed E-state index contributed by atoms with van der Waals surface area (Å²) in [6.45, 7) is 3.63. The molecule has 3 rings (SSSR count). The molecule has 1 aliphatic rings. The van der Waals surface area contributed by atoms with Crippen LogP contribution >= 0.6 is 0 Å². The molecule has 2 aromatic carbocycles. The predicted molar refractivity (Wildman–Crippen MR) is 117 cm³/mol. The third-order valence-corrected chi connectivity index (χ3v) is 5.10. The summed E-state index contributed by atoms with van der Waals surface area (Å²) >= 11 is 0. The fraction of sp³-hybridized carbons (Fsp3) is 0.292. The highest BCUT2D eigenvalue weighted by molar-refractivity contribution is 6.45. The number of carbonyl (C=O) groups is 2. The van der Waals surface area contributed by atoms with Crippen LogP contribution in [0.3, 0.4) is 0 Å². The van der Waals surface area contributed by atoms with Crippen molar-refractivity contribution in [1.82, 2.24) is 4.90 Å². The highest BCUT2D eigenvalue weighted by Gasteiger charge is 2.42. The standard InChI is InChI=1S/C24H25N3O4/c1-17-4-8-19(9-5-17)21-22(26(12-14-30-2)13-15-31-3)24(29)27(23(21)28)20-10-6-18(16-25)7-11-20/h4-11H,12-15H2,1-3H3. The first kappa shape index (κ1) is 22.2. The van der Waals surface area contributed by atoms with Crippen molar-refractivity contribution >= 4 is 23.1 Å². The molecule has 160 valence electrons. The van der Waals surface area contributed by atoms with Crippen molar-refractivity contribution in [3.05, 3.63) is 70.9 Å². The van der Waals surface area contributed by atoms with E-state index < -0.39 is 11.8 Å². The Morgan fingerprint density at radius 1 is 0.903 bits per heavy atom. The van der Waals surface area contributed by atoms with Gasteiger partial charge in [-0.05, 0) is 36.8 Å². The highest BCUT2D eigenvalue weighted by atomic mass is 16.5. The summed E-state index contributed by atoms with van der Waals surface area (Å²) in [6.07, 6.45) is 0. The Morgan fingerprint density at radius 2 is 1.48 bits per heavy atom. The first-order valence-electron chi connectivity index (χ1n) is 9.95. The largest absolute Gasteiger partial charge is 0.383 e. The van der Waals surface area contributed by atoms with Gasteiger partial charge in [0.25, 0.3) is 11.8 Å². The second-order valence-electron chi connectivity index (χ2n) is 7.17. The molecule has 0 aromatic heterocycles. The molecule has 31 heavy (non-hydrogen) atoms. The van der Waals surface area contributed by atoms with E-state index in [4.69, 9.17) is 14.7 Å². The topological polar surface area (TPSA) is 82.9 Å². The van der Waals surface area contributed by atoms with E-state index in [2.05, 4.69) is 0 Å². The Morgan fingerprint density at radius 3 is 2.00 bits per heavy atom. The number of rotatable bonds is 9. The smallest absolute Gasteiger partial charge is 0.282 e. The van der Waals surface area contributed by atoms with E-state index in [1.54, 1.807) is 38.5 Å². The number of anilines is 1. The SMILES string of the molecule is COCCN(CCOC)C1=C(c2ccc(C)cc2)C(=O)N(c2ccc(C#N)cc2)C1=O. The van der Waals surface area contributed by atoms with E-state index in [1.165, 1.54) is 0 Å². The number of amides is 2. The lowest BCUT2D eigenvalue weighted by molar-refractivity contribution is -0.120. The maximum absolute atomic E-state index is 13.5. The van der Waals surface area contributed by atoms with E-state index in [-0.39, 0.29) is 0 Å². The van der Waals surface area contributed by atoms with Gasteiger partial charge in [-0.2, -0.15) is 5.26 Å². The summed E-state index contributed by atoms with van der Waals surface area (Å²) in [5.41, 5.74) is 3.29. The number of carbonyl (C=O) groups excluding carboxylic acids is 2. The van der Waals surface area contributed by atoms with Crippen LogP contribution in [0.25, 0.3) is 5.57 Å². The summed E-state index contributed by atoms with van der Waals surface area (Å²) in [4.78, 5) is 30.1. The number of imide groups is 1. The summed E-state index contributed by atoms with van der Waals surface area (Å²) < 4.78 is 10.4. The van der Waals surface area contributed by atoms with Gasteiger partial charge in [0.05, 0.1) is 36.1 Å². The fourth-order valence-corrected chi connectivity index (χ4v) is 3.45. The number of methoxy groups -OCH3 is 2. The van der Waals surface area contributed by atoms with Crippen LogP contribution in [0.2, 0.25) is 0 Å². The summed E-state index contributed by atoms with van der Waals surface area (Å²) in [6, 6.07) is 16.0. The second-order valence-corrected chi connectivity index (χ2v) is 7.17. The maximum Gasteiger partial charge on any atom is 0.282 e. The van der Waals surface area contributed by atoms with Crippen LogP contribution in [0.15, 0.2) is 54.2 Å². The molecule has 2 aromatic rings. The maximum atomic E-state index is 13.5. The molecular formula is C24H25N3O4. The Hall–Kier alpha value is -3.47. The van der Waals surface area contributed by atoms with Gasteiger partial charge >= 0.3 is 0 Å². The summed E-state index contributed by atoms with van der Waals surface area (Å²) in [5.74, 6) is -0.800. The predicted octanol–water partition coefficient (Wildman–Crippen LogP) is 2.75. The molecule has 0 aliphatic carbocycles. The van der Waals surface area contributed by atoms with Crippen LogP contribution < -0.4 is 4.90 Å². The number of hydrogen-bond acceptors (Lipinski definition) is 6. The van der Waals surface area contributed by atoms with Gasteiger partial charge in [-0.25, -0.2) is 4.90 Å². The fourth-order valence-electron chi connectivity index (χ4n) is 3.45. The van der Waals surface area contributed by atoms with E-state index >= 15 is 0 Å². The van der Waals surface area contributed by atoms with Gasteiger partial charge in [-0.3, -0.25) is 9.59 Å². The van der Waals surface area contributed by atoms with Crippen molar-refractivity contribution in [2.45, 2.75) is 6.92 Å². The first-order valence-corrected chi connectivity index (χ1v) is 9.95. The van der Waals surface area contributed by atoms with Gasteiger partial charge in [0.1, 0.15) is 5.70 Å². The summed E-state index contributed by atoms with van der Waals surface area (Å²) in [7, 11) is 3.18. The molecule has 0 fully saturated rings. The lowest BCUT2D eigenvalue weighted by atomic mass is 10.0. The van der Waals surface area contributed by atoms with E-state index in [0.717, 1.165) is 10.5 Å². The molecule has 0 saturated carbocycles. The summed E-state index contributed by atoms with van der Waals surface area (Å²) in [5, 5.41) is 9.05. The van der Waals surface area contributed by atoms with Crippen LogP contribution in [0.1, 0.15) is 16.7 Å². The number of nitriles is 1. The van der Waals surface area contributed by atoms with Crippen LogP contribution in [0.5, 0.6) is 0 Å². The second kappa shape index (κ2) is 10.0. The van der Waals surface area contributed by atoms with Gasteiger partial charge in [-0.15, -0.1) is 0 Å². The molecule has 0 N–H and O–H groups in total. The normalized spacial score (nSPS) is 13.7. The zero-order valence-corrected chi connectivity index (χ0v) is 17.9. The van der Waals surface area contributed by atoms with Gasteiger partial charge < -0.3 is 14.4 Å². The van der Waals surface area contributed by atoms with Gasteiger partial charge in [0, 0.05) is 27.3 Å². The van der Waals surface area contributed by atoms with Crippen molar-refractivity contribution in [3.63, 3.8) is 0 Å². The van der Waals surface area contributed by atoms with E-state index in [0.29, 0.717) is 54.4 Å². The van der Waals surface area contributed by atoms with Gasteiger partial charge in [0.15, 0.2) is 0 Å². The molecule has 0 saturated heterocycles. The van der Waals surface area contributed by atoms with Crippen LogP contribution in [0.4, 0.5) is 5.69 Å². The van der Waals surface area contributed by atoms with Crippen molar-refractivity contribution in [2.24, 2.45) is 0 Å². The van der Waals surface area contributed by atoms with E-state index in [1.807, 2.05) is 42.2 Å². The molecule has 0 radical (unpaired) electrons. The number of ether oxygens (including phenoxy) is 2. The Bertz CT molecular complexity index is 1010. The van der Waals surface area contributed by atoms with Gasteiger partial charge in [0.2, 0.25) is 0 Å². The molecule has 1 heterocycles. The van der Waals surface area contributed by atoms with Crippen LogP contribution in [0, 0.1) is 18.3 Å². The third kappa shape index (κ3) is 4.66. The Kier molecular flexibility index (Phi) is 7.19. The minimum Gasteiger partial charge on any atom is -0.383 e. The van der Waals surface area contributed by atoms with Crippen LogP contribution in [-0.2, 0) is 19.1 Å². The van der Waals surface area contributed by atoms with Gasteiger partial charge in [-0.1, -0.05) is 29.8 Å². The molecule has 7 nitrogen and oxygen atoms in total. The lowest BCUT2D eigenvalue weighted by Gasteiger charge is -2.25. The number of nitrogens with zero attached hydrogens (tertiary/aromatic N) is 3. The number of benzene rings is 2. The van der Waals surface area contributed by atoms with Crippen molar-refractivity contribution in [3.8, 4) is 6.07 Å². The molecular weight excluding hydrogens is 394 g/mol. The molecule has 0 unspecified atom stereocenters. The molecule has 1 aliphatic heterocycles. The first-order chi connectivity index (χ1) is 15.0. The minimum atomic E-state index is -0.405. The molecule has 2 amide bonds. The number of aryl methyl sites for hydroxylation is 1. The molecule has 0 atom stereocenters. The number of hydrogen-bond donors (Lipinski definition) is 0.